The van der Waals surface area contributed by atoms with Crippen LogP contribution in [0.15, 0.2) is 23.3 Å². The number of fused-ring (bicyclic) bond motifs is 8. The van der Waals surface area contributed by atoms with Crippen LogP contribution in [0.4, 0.5) is 0 Å². The quantitative estimate of drug-likeness (QED) is 0.520. The summed E-state index contributed by atoms with van der Waals surface area (Å²) < 4.78 is 6.12. The van der Waals surface area contributed by atoms with Gasteiger partial charge in [-0.1, -0.05) is 18.1 Å². The van der Waals surface area contributed by atoms with Gasteiger partial charge in [-0.2, -0.15) is 0 Å². The third-order valence-corrected chi connectivity index (χ3v) is 9.28. The maximum Gasteiger partial charge on any atom is 0.331 e. The van der Waals surface area contributed by atoms with E-state index in [9.17, 15) is 9.59 Å². The Morgan fingerprint density at radius 2 is 2.04 bits per heavy atom. The van der Waals surface area contributed by atoms with Crippen molar-refractivity contribution in [2.24, 2.45) is 35.0 Å². The number of carbonyl (C=O) groups excluding carboxylic acids is 2. The Balaban J connectivity index is 1.41. The second-order valence-corrected chi connectivity index (χ2v) is 9.78. The smallest absolute Gasteiger partial charge is 0.331 e. The van der Waals surface area contributed by atoms with Gasteiger partial charge in [0.2, 0.25) is 0 Å². The highest BCUT2D eigenvalue weighted by atomic mass is 16.6. The SMILES string of the molecule is CC[C@]12CC[C@@H]3C4=C(CC[C@H]3[C@@H]1[C@@H]1C[C@@H]1[C@@]21C=CC(=O)O1)CC(=O)CC4. The third kappa shape index (κ3) is 1.67. The first-order chi connectivity index (χ1) is 12.6. The Bertz CT molecular complexity index is 776. The van der Waals surface area contributed by atoms with Crippen LogP contribution in [0.3, 0.4) is 0 Å². The molecule has 0 amide bonds. The van der Waals surface area contributed by atoms with E-state index >= 15 is 0 Å². The average Bonchev–Trinajstić information content (AvgIpc) is 3.29. The minimum Gasteiger partial charge on any atom is -0.451 e. The van der Waals surface area contributed by atoms with Crippen LogP contribution < -0.4 is 0 Å². The summed E-state index contributed by atoms with van der Waals surface area (Å²) in [6, 6.07) is 0. The van der Waals surface area contributed by atoms with Crippen molar-refractivity contribution in [2.75, 3.05) is 0 Å². The third-order valence-electron chi connectivity index (χ3n) is 9.28. The first kappa shape index (κ1) is 15.7. The highest BCUT2D eigenvalue weighted by Gasteiger charge is 2.78. The van der Waals surface area contributed by atoms with Gasteiger partial charge in [0.1, 0.15) is 11.4 Å². The fourth-order valence-corrected chi connectivity index (χ4v) is 8.43. The number of ether oxygens (including phenoxy) is 1. The number of allylic oxidation sites excluding steroid dienone is 2. The van der Waals surface area contributed by atoms with E-state index in [0.29, 0.717) is 23.5 Å². The standard InChI is InChI=1S/C23H28O3/c1-2-22-9-7-16-15-6-4-14(24)11-13(15)3-5-17(16)21(22)18-12-19(18)23(22)10-8-20(25)26-23/h8,10,16-19,21H,2-7,9,11-12H2,1H3/t16-,17-,18-,19+,21-,22+,23+/m1/s1. The molecular formula is C23H28O3. The molecule has 26 heavy (non-hydrogen) atoms. The summed E-state index contributed by atoms with van der Waals surface area (Å²) in [7, 11) is 0. The lowest BCUT2D eigenvalue weighted by atomic mass is 9.49. The first-order valence-electron chi connectivity index (χ1n) is 10.7. The van der Waals surface area contributed by atoms with Crippen LogP contribution in [0, 0.1) is 35.0 Å². The molecule has 1 heterocycles. The fourth-order valence-electron chi connectivity index (χ4n) is 8.43. The van der Waals surface area contributed by atoms with Gasteiger partial charge >= 0.3 is 5.97 Å². The van der Waals surface area contributed by atoms with Crippen molar-refractivity contribution < 1.29 is 14.3 Å². The normalized spacial score (nSPS) is 51.0. The fraction of sp³-hybridized carbons (Fsp3) is 0.739. The highest BCUT2D eigenvalue weighted by Crippen LogP contribution is 2.78. The largest absolute Gasteiger partial charge is 0.451 e. The average molecular weight is 352 g/mol. The zero-order chi connectivity index (χ0) is 17.7. The minimum atomic E-state index is -0.295. The van der Waals surface area contributed by atoms with Crippen molar-refractivity contribution >= 4 is 11.8 Å². The zero-order valence-electron chi connectivity index (χ0n) is 15.6. The molecule has 5 aliphatic carbocycles. The number of rotatable bonds is 1. The lowest BCUT2D eigenvalue weighted by Crippen LogP contribution is -2.55. The minimum absolute atomic E-state index is 0.120. The molecule has 6 aliphatic rings. The first-order valence-corrected chi connectivity index (χ1v) is 10.7. The molecule has 0 N–H and O–H groups in total. The molecule has 138 valence electrons. The van der Waals surface area contributed by atoms with Gasteiger partial charge in [0, 0.05) is 30.3 Å². The Kier molecular flexibility index (Phi) is 2.96. The van der Waals surface area contributed by atoms with Gasteiger partial charge in [0.15, 0.2) is 0 Å². The van der Waals surface area contributed by atoms with Crippen molar-refractivity contribution in [3.63, 3.8) is 0 Å². The molecule has 0 aromatic heterocycles. The Hall–Kier alpha value is -1.38. The van der Waals surface area contributed by atoms with Gasteiger partial charge in [-0.25, -0.2) is 4.79 Å². The second kappa shape index (κ2) is 4.91. The number of esters is 1. The number of ketones is 1. The summed E-state index contributed by atoms with van der Waals surface area (Å²) >= 11 is 0. The Morgan fingerprint density at radius 1 is 1.15 bits per heavy atom. The van der Waals surface area contributed by atoms with Crippen LogP contribution in [0.1, 0.15) is 64.7 Å². The molecule has 1 spiro atoms. The number of carbonyl (C=O) groups is 2. The summed E-state index contributed by atoms with van der Waals surface area (Å²) in [5.41, 5.74) is 3.03. The van der Waals surface area contributed by atoms with Crippen molar-refractivity contribution in [2.45, 2.75) is 70.3 Å². The molecule has 0 aromatic carbocycles. The molecule has 0 saturated heterocycles. The number of hydrogen-bond donors (Lipinski definition) is 0. The topological polar surface area (TPSA) is 43.4 Å². The van der Waals surface area contributed by atoms with Crippen molar-refractivity contribution in [1.82, 2.24) is 0 Å². The second-order valence-electron chi connectivity index (χ2n) is 9.78. The lowest BCUT2D eigenvalue weighted by molar-refractivity contribution is -0.169. The summed E-state index contributed by atoms with van der Waals surface area (Å²) in [6.07, 6.45) is 13.6. The summed E-state index contributed by atoms with van der Waals surface area (Å²) in [5.74, 6) is 3.81. The maximum absolute atomic E-state index is 12.1. The molecule has 3 fully saturated rings. The van der Waals surface area contributed by atoms with Crippen molar-refractivity contribution in [1.29, 1.82) is 0 Å². The molecule has 7 atom stereocenters. The van der Waals surface area contributed by atoms with E-state index in [1.165, 1.54) is 31.3 Å². The molecule has 0 unspecified atom stereocenters. The zero-order valence-corrected chi connectivity index (χ0v) is 15.6. The van der Waals surface area contributed by atoms with Crippen LogP contribution in [-0.2, 0) is 14.3 Å². The molecule has 0 aromatic rings. The van der Waals surface area contributed by atoms with Crippen LogP contribution in [0.25, 0.3) is 0 Å². The van der Waals surface area contributed by atoms with Gasteiger partial charge in [-0.3, -0.25) is 4.79 Å². The van der Waals surface area contributed by atoms with Crippen LogP contribution >= 0.6 is 0 Å². The van der Waals surface area contributed by atoms with E-state index in [1.807, 2.05) is 0 Å². The van der Waals surface area contributed by atoms with Gasteiger partial charge in [-0.15, -0.1) is 0 Å². The van der Waals surface area contributed by atoms with E-state index in [-0.39, 0.29) is 17.0 Å². The monoisotopic (exact) mass is 352 g/mol. The summed E-state index contributed by atoms with van der Waals surface area (Å²) in [4.78, 5) is 24.0. The number of Topliss-reactive ketones (excluding diaryl/α,β-unsaturated/α-hetero) is 1. The molecule has 3 nitrogen and oxygen atoms in total. The Labute approximate surface area is 155 Å². The van der Waals surface area contributed by atoms with Crippen molar-refractivity contribution in [3.8, 4) is 0 Å². The van der Waals surface area contributed by atoms with E-state index in [2.05, 4.69) is 13.0 Å². The van der Waals surface area contributed by atoms with E-state index < -0.39 is 0 Å². The van der Waals surface area contributed by atoms with Gasteiger partial charge in [-0.05, 0) is 74.7 Å². The van der Waals surface area contributed by atoms with Crippen LogP contribution in [0.2, 0.25) is 0 Å². The van der Waals surface area contributed by atoms with E-state index in [1.54, 1.807) is 11.6 Å². The van der Waals surface area contributed by atoms with Crippen LogP contribution in [-0.4, -0.2) is 17.4 Å². The predicted octanol–water partition coefficient (Wildman–Crippen LogP) is 4.37. The summed E-state index contributed by atoms with van der Waals surface area (Å²) in [6.45, 7) is 2.33. The molecule has 0 bridgehead atoms. The van der Waals surface area contributed by atoms with Gasteiger partial charge in [0.05, 0.1) is 0 Å². The van der Waals surface area contributed by atoms with Gasteiger partial charge in [0.25, 0.3) is 0 Å². The molecule has 1 aliphatic heterocycles. The maximum atomic E-state index is 12.1. The van der Waals surface area contributed by atoms with Gasteiger partial charge < -0.3 is 4.74 Å². The van der Waals surface area contributed by atoms with Crippen LogP contribution in [0.5, 0.6) is 0 Å². The lowest BCUT2D eigenvalue weighted by Gasteiger charge is -2.56. The van der Waals surface area contributed by atoms with Crippen molar-refractivity contribution in [3.05, 3.63) is 23.3 Å². The molecule has 3 saturated carbocycles. The molecule has 0 radical (unpaired) electrons. The summed E-state index contributed by atoms with van der Waals surface area (Å²) in [5, 5.41) is 0. The Morgan fingerprint density at radius 3 is 2.81 bits per heavy atom. The molecule has 6 rings (SSSR count). The van der Waals surface area contributed by atoms with E-state index in [4.69, 9.17) is 4.74 Å². The predicted molar refractivity (Wildman–Crippen MR) is 97.1 cm³/mol. The van der Waals surface area contributed by atoms with E-state index in [0.717, 1.165) is 43.9 Å². The number of hydrogen-bond acceptors (Lipinski definition) is 3. The molecular weight excluding hydrogens is 324 g/mol. The highest BCUT2D eigenvalue weighted by molar-refractivity contribution is 5.86. The molecule has 3 heteroatoms.